The second kappa shape index (κ2) is 12.6. The van der Waals surface area contributed by atoms with Crippen LogP contribution >= 0.6 is 11.3 Å². The van der Waals surface area contributed by atoms with Gasteiger partial charge in [-0.05, 0) is 60.9 Å². The third kappa shape index (κ3) is 5.61. The predicted molar refractivity (Wildman–Crippen MR) is 164 cm³/mol. The van der Waals surface area contributed by atoms with Gasteiger partial charge in [-0.1, -0.05) is 47.7 Å². The van der Waals surface area contributed by atoms with Crippen LogP contribution in [0.5, 0.6) is 17.2 Å². The molecule has 226 valence electrons. The molecule has 0 radical (unpaired) electrons. The lowest BCUT2D eigenvalue weighted by Gasteiger charge is -2.24. The lowest BCUT2D eigenvalue weighted by molar-refractivity contribution is -0.132. The number of hydrogen-bond acceptors (Lipinski definition) is 10. The fraction of sp³-hybridized carbons (Fsp3) is 0.212. The molecule has 1 amide bonds. The van der Waals surface area contributed by atoms with Crippen LogP contribution in [0.15, 0.2) is 72.3 Å². The molecule has 0 aliphatic carbocycles. The standard InChI is InChI=1S/C33H30N2O8S/c1-18-15-22(12-13-23(18)43-17-20-9-7-6-8-10-20)28(36)26-27(21-11-14-24(40-3)25(16-21)41-4)35(31(38)29(26)37)33-34-19(2)30(44-33)32(39)42-5/h6-16,27,36H,17H2,1-5H3/t27-/m0/s1. The first-order valence-corrected chi connectivity index (χ1v) is 14.4. The Balaban J connectivity index is 1.61. The number of ether oxygens (including phenoxy) is 4. The molecule has 11 heteroatoms. The van der Waals surface area contributed by atoms with Crippen LogP contribution in [0, 0.1) is 13.8 Å². The van der Waals surface area contributed by atoms with Gasteiger partial charge in [0.2, 0.25) is 0 Å². The van der Waals surface area contributed by atoms with Gasteiger partial charge in [0.05, 0.1) is 38.6 Å². The van der Waals surface area contributed by atoms with Gasteiger partial charge < -0.3 is 24.1 Å². The number of aliphatic hydroxyl groups excluding tert-OH is 1. The predicted octanol–water partition coefficient (Wildman–Crippen LogP) is 5.77. The van der Waals surface area contributed by atoms with Gasteiger partial charge in [0.15, 0.2) is 16.6 Å². The zero-order valence-corrected chi connectivity index (χ0v) is 25.6. The Morgan fingerprint density at radius 3 is 2.30 bits per heavy atom. The number of Topliss-reactive ketones (excluding diaryl/α,β-unsaturated/α-hetero) is 1. The van der Waals surface area contributed by atoms with Crippen LogP contribution in [0.3, 0.4) is 0 Å². The van der Waals surface area contributed by atoms with Crippen molar-refractivity contribution in [3.05, 3.63) is 105 Å². The van der Waals surface area contributed by atoms with Gasteiger partial charge in [-0.15, -0.1) is 0 Å². The Morgan fingerprint density at radius 1 is 0.932 bits per heavy atom. The minimum Gasteiger partial charge on any atom is -0.507 e. The maximum absolute atomic E-state index is 13.7. The van der Waals surface area contributed by atoms with Crippen molar-refractivity contribution in [2.45, 2.75) is 26.5 Å². The lowest BCUT2D eigenvalue weighted by Crippen LogP contribution is -2.29. The van der Waals surface area contributed by atoms with E-state index in [2.05, 4.69) is 4.98 Å². The monoisotopic (exact) mass is 614 g/mol. The summed E-state index contributed by atoms with van der Waals surface area (Å²) in [6.45, 7) is 3.80. The first-order valence-electron chi connectivity index (χ1n) is 13.5. The lowest BCUT2D eigenvalue weighted by atomic mass is 9.94. The van der Waals surface area contributed by atoms with E-state index in [9.17, 15) is 19.5 Å². The van der Waals surface area contributed by atoms with Gasteiger partial charge >= 0.3 is 11.9 Å². The van der Waals surface area contributed by atoms with E-state index in [0.29, 0.717) is 40.7 Å². The number of esters is 1. The molecular formula is C33H30N2O8S. The molecule has 0 saturated carbocycles. The quantitative estimate of drug-likeness (QED) is 0.108. The van der Waals surface area contributed by atoms with E-state index in [1.165, 1.54) is 26.2 Å². The average molecular weight is 615 g/mol. The van der Waals surface area contributed by atoms with E-state index in [1.807, 2.05) is 37.3 Å². The summed E-state index contributed by atoms with van der Waals surface area (Å²) >= 11 is 0.919. The van der Waals surface area contributed by atoms with Crippen LogP contribution in [0.2, 0.25) is 0 Å². The first-order chi connectivity index (χ1) is 21.2. The minimum absolute atomic E-state index is 0.102. The number of anilines is 1. The van der Waals surface area contributed by atoms with E-state index >= 15 is 0 Å². The molecule has 1 aliphatic heterocycles. The van der Waals surface area contributed by atoms with Crippen molar-refractivity contribution in [3.8, 4) is 17.2 Å². The number of thiazole rings is 1. The number of aromatic nitrogens is 1. The van der Waals surface area contributed by atoms with E-state index in [-0.39, 0.29) is 21.3 Å². The van der Waals surface area contributed by atoms with Crippen LogP contribution in [-0.2, 0) is 20.9 Å². The largest absolute Gasteiger partial charge is 0.507 e. The number of hydrogen-bond donors (Lipinski definition) is 1. The molecule has 1 aromatic heterocycles. The zero-order chi connectivity index (χ0) is 31.5. The Hall–Kier alpha value is -5.16. The first kappa shape index (κ1) is 30.3. The molecule has 10 nitrogen and oxygen atoms in total. The number of carbonyl (C=O) groups is 3. The van der Waals surface area contributed by atoms with Crippen LogP contribution in [0.4, 0.5) is 5.13 Å². The third-order valence-corrected chi connectivity index (χ3v) is 8.35. The van der Waals surface area contributed by atoms with Gasteiger partial charge in [-0.2, -0.15) is 0 Å². The number of benzene rings is 3. The molecule has 3 aromatic carbocycles. The maximum Gasteiger partial charge on any atom is 0.350 e. The van der Waals surface area contributed by atoms with Crippen molar-refractivity contribution in [2.24, 2.45) is 0 Å². The number of methoxy groups -OCH3 is 3. The normalized spacial score (nSPS) is 15.8. The Kier molecular flexibility index (Phi) is 8.68. The number of aryl methyl sites for hydroxylation is 2. The smallest absolute Gasteiger partial charge is 0.350 e. The Labute approximate surface area is 258 Å². The van der Waals surface area contributed by atoms with Crippen LogP contribution in [-0.4, -0.2) is 49.1 Å². The molecule has 1 N–H and O–H groups in total. The Morgan fingerprint density at radius 2 is 1.64 bits per heavy atom. The van der Waals surface area contributed by atoms with Crippen LogP contribution in [0.1, 0.15) is 43.7 Å². The summed E-state index contributed by atoms with van der Waals surface area (Å²) in [5.41, 5.74) is 2.69. The number of carbonyl (C=O) groups excluding carboxylic acids is 3. The molecule has 0 spiro atoms. The van der Waals surface area contributed by atoms with Crippen molar-refractivity contribution >= 4 is 39.9 Å². The maximum atomic E-state index is 13.7. The summed E-state index contributed by atoms with van der Waals surface area (Å²) in [4.78, 5) is 45.4. The van der Waals surface area contributed by atoms with Crippen LogP contribution in [0.25, 0.3) is 5.76 Å². The topological polar surface area (TPSA) is 124 Å². The molecule has 5 rings (SSSR count). The molecule has 1 fully saturated rings. The summed E-state index contributed by atoms with van der Waals surface area (Å²) in [6, 6.07) is 18.6. The van der Waals surface area contributed by atoms with E-state index < -0.39 is 23.7 Å². The van der Waals surface area contributed by atoms with E-state index in [0.717, 1.165) is 22.5 Å². The summed E-state index contributed by atoms with van der Waals surface area (Å²) < 4.78 is 21.7. The minimum atomic E-state index is -1.10. The molecule has 1 atom stereocenters. The van der Waals surface area contributed by atoms with Crippen molar-refractivity contribution < 1.29 is 38.4 Å². The number of rotatable bonds is 9. The van der Waals surface area contributed by atoms with Crippen molar-refractivity contribution in [2.75, 3.05) is 26.2 Å². The second-order valence-electron chi connectivity index (χ2n) is 9.94. The molecular weight excluding hydrogens is 584 g/mol. The fourth-order valence-electron chi connectivity index (χ4n) is 4.98. The molecule has 0 bridgehead atoms. The highest BCUT2D eigenvalue weighted by molar-refractivity contribution is 7.17. The SMILES string of the molecule is COC(=O)c1sc(N2C(=O)C(=O)C(=C(O)c3ccc(OCc4ccccc4)c(C)c3)[C@@H]2c2ccc(OC)c(OC)c2)nc1C. The molecule has 0 unspecified atom stereocenters. The number of ketones is 1. The van der Waals surface area contributed by atoms with Crippen molar-refractivity contribution in [1.82, 2.24) is 4.98 Å². The highest BCUT2D eigenvalue weighted by Gasteiger charge is 2.48. The number of amides is 1. The highest BCUT2D eigenvalue weighted by atomic mass is 32.1. The molecule has 1 saturated heterocycles. The van der Waals surface area contributed by atoms with Crippen molar-refractivity contribution in [3.63, 3.8) is 0 Å². The van der Waals surface area contributed by atoms with Gasteiger partial charge in [-0.25, -0.2) is 9.78 Å². The molecule has 44 heavy (non-hydrogen) atoms. The second-order valence-corrected chi connectivity index (χ2v) is 10.9. The highest BCUT2D eigenvalue weighted by Crippen LogP contribution is 2.45. The summed E-state index contributed by atoms with van der Waals surface area (Å²) in [7, 11) is 4.21. The molecule has 2 heterocycles. The van der Waals surface area contributed by atoms with Gasteiger partial charge in [0.25, 0.3) is 5.78 Å². The number of aliphatic hydroxyl groups is 1. The average Bonchev–Trinajstić information content (AvgIpc) is 3.55. The van der Waals surface area contributed by atoms with Crippen molar-refractivity contribution in [1.29, 1.82) is 0 Å². The van der Waals surface area contributed by atoms with E-state index in [4.69, 9.17) is 18.9 Å². The zero-order valence-electron chi connectivity index (χ0n) is 24.7. The Bertz CT molecular complexity index is 1780. The van der Waals surface area contributed by atoms with Gasteiger partial charge in [0, 0.05) is 5.56 Å². The van der Waals surface area contributed by atoms with Gasteiger partial charge in [0.1, 0.15) is 23.0 Å². The van der Waals surface area contributed by atoms with E-state index in [1.54, 1.807) is 43.3 Å². The third-order valence-electron chi connectivity index (χ3n) is 7.22. The van der Waals surface area contributed by atoms with Gasteiger partial charge in [-0.3, -0.25) is 14.5 Å². The van der Waals surface area contributed by atoms with Crippen LogP contribution < -0.4 is 19.1 Å². The summed E-state index contributed by atoms with van der Waals surface area (Å²) in [6.07, 6.45) is 0. The molecule has 4 aromatic rings. The summed E-state index contributed by atoms with van der Waals surface area (Å²) in [5.74, 6) is -1.39. The fourth-order valence-corrected chi connectivity index (χ4v) is 6.00. The number of nitrogens with zero attached hydrogens (tertiary/aromatic N) is 2. The summed E-state index contributed by atoms with van der Waals surface area (Å²) in [5, 5.41) is 11.7. The molecule has 1 aliphatic rings.